The molecule has 0 aliphatic rings. The van der Waals surface area contributed by atoms with E-state index in [4.69, 9.17) is 11.6 Å². The lowest BCUT2D eigenvalue weighted by molar-refractivity contribution is -0.116. The van der Waals surface area contributed by atoms with E-state index in [0.29, 0.717) is 29.5 Å². The smallest absolute Gasteiger partial charge is 0.315 e. The number of rotatable bonds is 7. The Balaban J connectivity index is 1.82. The number of benzene rings is 2. The minimum atomic E-state index is -0.558. The standard InChI is InChI=1S/C25H29ClFN5O2/c1-5-14-31(24(34)28-19-12-8-7-11-18(19)27)16-23(33)29-22-15-21(25(2,3)4)30-32(22)20-13-9-6-10-17(20)26/h6-13,15H,5,14,16H2,1-4H3,(H,28,34)(H,29,33). The summed E-state index contributed by atoms with van der Waals surface area (Å²) in [7, 11) is 0. The van der Waals surface area contributed by atoms with Crippen molar-refractivity contribution in [2.75, 3.05) is 23.7 Å². The fourth-order valence-corrected chi connectivity index (χ4v) is 3.49. The predicted octanol–water partition coefficient (Wildman–Crippen LogP) is 5.84. The lowest BCUT2D eigenvalue weighted by Gasteiger charge is -2.22. The van der Waals surface area contributed by atoms with Gasteiger partial charge in [0.2, 0.25) is 5.91 Å². The van der Waals surface area contributed by atoms with E-state index in [2.05, 4.69) is 15.7 Å². The van der Waals surface area contributed by atoms with Crippen LogP contribution in [0.1, 0.15) is 39.8 Å². The number of urea groups is 1. The molecule has 0 unspecified atom stereocenters. The molecule has 0 spiro atoms. The predicted molar refractivity (Wildman–Crippen MR) is 133 cm³/mol. The first kappa shape index (κ1) is 25.2. The molecule has 3 rings (SSSR count). The second-order valence-corrected chi connectivity index (χ2v) is 9.31. The van der Waals surface area contributed by atoms with Gasteiger partial charge in [-0.3, -0.25) is 4.79 Å². The molecule has 0 aliphatic carbocycles. The van der Waals surface area contributed by atoms with Gasteiger partial charge in [0.25, 0.3) is 0 Å². The lowest BCUT2D eigenvalue weighted by Crippen LogP contribution is -2.41. The first-order chi connectivity index (χ1) is 16.1. The van der Waals surface area contributed by atoms with Crippen LogP contribution < -0.4 is 10.6 Å². The summed E-state index contributed by atoms with van der Waals surface area (Å²) in [6, 6.07) is 14.3. The van der Waals surface area contributed by atoms with Crippen molar-refractivity contribution in [2.24, 2.45) is 0 Å². The zero-order chi connectivity index (χ0) is 24.9. The third kappa shape index (κ3) is 6.14. The summed E-state index contributed by atoms with van der Waals surface area (Å²) in [6.45, 7) is 8.07. The van der Waals surface area contributed by atoms with Gasteiger partial charge in [-0.2, -0.15) is 5.10 Å². The number of anilines is 2. The molecule has 0 bridgehead atoms. The Morgan fingerprint density at radius 2 is 1.76 bits per heavy atom. The van der Waals surface area contributed by atoms with Crippen LogP contribution in [0.15, 0.2) is 54.6 Å². The molecule has 2 aromatic carbocycles. The van der Waals surface area contributed by atoms with E-state index in [0.717, 1.165) is 5.69 Å². The average molecular weight is 486 g/mol. The maximum Gasteiger partial charge on any atom is 0.322 e. The Hall–Kier alpha value is -3.39. The van der Waals surface area contributed by atoms with E-state index in [-0.39, 0.29) is 17.6 Å². The number of carbonyl (C=O) groups excluding carboxylic acids is 2. The third-order valence-corrected chi connectivity index (χ3v) is 5.38. The molecule has 7 nitrogen and oxygen atoms in total. The van der Waals surface area contributed by atoms with Crippen molar-refractivity contribution in [1.29, 1.82) is 0 Å². The van der Waals surface area contributed by atoms with Gasteiger partial charge in [-0.1, -0.05) is 63.6 Å². The highest BCUT2D eigenvalue weighted by atomic mass is 35.5. The number of hydrogen-bond acceptors (Lipinski definition) is 3. The molecule has 0 saturated carbocycles. The number of hydrogen-bond donors (Lipinski definition) is 2. The maximum atomic E-state index is 14.0. The highest BCUT2D eigenvalue weighted by Gasteiger charge is 2.24. The average Bonchev–Trinajstić information content (AvgIpc) is 3.19. The summed E-state index contributed by atoms with van der Waals surface area (Å²) in [5.41, 5.74) is 1.18. The summed E-state index contributed by atoms with van der Waals surface area (Å²) in [4.78, 5) is 27.0. The van der Waals surface area contributed by atoms with E-state index in [1.54, 1.807) is 22.9 Å². The lowest BCUT2D eigenvalue weighted by atomic mass is 9.92. The van der Waals surface area contributed by atoms with Crippen LogP contribution in [0.25, 0.3) is 5.69 Å². The van der Waals surface area contributed by atoms with Gasteiger partial charge in [-0.25, -0.2) is 13.9 Å². The second kappa shape index (κ2) is 10.7. The van der Waals surface area contributed by atoms with Gasteiger partial charge in [0.05, 0.1) is 22.1 Å². The fraction of sp³-hybridized carbons (Fsp3) is 0.320. The number of carbonyl (C=O) groups is 2. The van der Waals surface area contributed by atoms with Crippen molar-refractivity contribution in [3.8, 4) is 5.69 Å². The largest absolute Gasteiger partial charge is 0.322 e. The summed E-state index contributed by atoms with van der Waals surface area (Å²) >= 11 is 6.38. The molecule has 3 amide bonds. The third-order valence-electron chi connectivity index (χ3n) is 5.06. The molecule has 0 saturated heterocycles. The van der Waals surface area contributed by atoms with Crippen molar-refractivity contribution in [2.45, 2.75) is 39.5 Å². The van der Waals surface area contributed by atoms with Crippen molar-refractivity contribution in [3.63, 3.8) is 0 Å². The second-order valence-electron chi connectivity index (χ2n) is 8.91. The van der Waals surface area contributed by atoms with Crippen LogP contribution in [-0.2, 0) is 10.2 Å². The van der Waals surface area contributed by atoms with E-state index < -0.39 is 17.8 Å². The molecule has 1 heterocycles. The zero-order valence-corrected chi connectivity index (χ0v) is 20.5. The molecule has 0 aliphatic heterocycles. The van der Waals surface area contributed by atoms with Crippen LogP contribution in [0.2, 0.25) is 5.02 Å². The van der Waals surface area contributed by atoms with Crippen molar-refractivity contribution in [1.82, 2.24) is 14.7 Å². The zero-order valence-electron chi connectivity index (χ0n) is 19.7. The number of para-hydroxylation sites is 2. The van der Waals surface area contributed by atoms with E-state index in [9.17, 15) is 14.0 Å². The number of amides is 3. The first-order valence-electron chi connectivity index (χ1n) is 11.1. The van der Waals surface area contributed by atoms with Crippen LogP contribution in [0.5, 0.6) is 0 Å². The Morgan fingerprint density at radius 1 is 1.09 bits per heavy atom. The molecule has 0 radical (unpaired) electrons. The van der Waals surface area contributed by atoms with Gasteiger partial charge in [-0.15, -0.1) is 0 Å². The van der Waals surface area contributed by atoms with E-state index >= 15 is 0 Å². The molecule has 3 aromatic rings. The van der Waals surface area contributed by atoms with Gasteiger partial charge < -0.3 is 15.5 Å². The maximum absolute atomic E-state index is 14.0. The molecular formula is C25H29ClFN5O2. The van der Waals surface area contributed by atoms with Crippen LogP contribution >= 0.6 is 11.6 Å². The topological polar surface area (TPSA) is 79.3 Å². The van der Waals surface area contributed by atoms with Crippen molar-refractivity contribution in [3.05, 3.63) is 71.1 Å². The molecule has 0 fully saturated rings. The van der Waals surface area contributed by atoms with Crippen LogP contribution in [0.3, 0.4) is 0 Å². The number of nitrogens with one attached hydrogen (secondary N) is 2. The molecule has 9 heteroatoms. The molecule has 1 aromatic heterocycles. The molecule has 180 valence electrons. The minimum absolute atomic E-state index is 0.0561. The summed E-state index contributed by atoms with van der Waals surface area (Å²) in [5, 5.41) is 10.5. The van der Waals surface area contributed by atoms with Gasteiger partial charge in [0.1, 0.15) is 18.2 Å². The SMILES string of the molecule is CCCN(CC(=O)Nc1cc(C(C)(C)C)nn1-c1ccccc1Cl)C(=O)Nc1ccccc1F. The Morgan fingerprint density at radius 3 is 2.41 bits per heavy atom. The molecular weight excluding hydrogens is 457 g/mol. The normalized spacial score (nSPS) is 11.2. The Labute approximate surface area is 203 Å². The van der Waals surface area contributed by atoms with Gasteiger partial charge in [-0.05, 0) is 30.7 Å². The van der Waals surface area contributed by atoms with Crippen LogP contribution in [0.4, 0.5) is 20.7 Å². The molecule has 0 atom stereocenters. The summed E-state index contributed by atoms with van der Waals surface area (Å²) < 4.78 is 15.5. The monoisotopic (exact) mass is 485 g/mol. The number of nitrogens with zero attached hydrogens (tertiary/aromatic N) is 3. The number of aromatic nitrogens is 2. The quantitative estimate of drug-likeness (QED) is 0.441. The summed E-state index contributed by atoms with van der Waals surface area (Å²) in [5.74, 6) is -0.519. The van der Waals surface area contributed by atoms with E-state index in [1.807, 2.05) is 45.9 Å². The van der Waals surface area contributed by atoms with Crippen LogP contribution in [-0.4, -0.2) is 39.7 Å². The van der Waals surface area contributed by atoms with Crippen molar-refractivity contribution >= 4 is 35.0 Å². The fourth-order valence-electron chi connectivity index (χ4n) is 3.28. The van der Waals surface area contributed by atoms with Gasteiger partial charge >= 0.3 is 6.03 Å². The number of halogens is 2. The highest BCUT2D eigenvalue weighted by Crippen LogP contribution is 2.29. The Kier molecular flexibility index (Phi) is 7.94. The van der Waals surface area contributed by atoms with E-state index in [1.165, 1.54) is 23.1 Å². The van der Waals surface area contributed by atoms with Gasteiger partial charge in [0, 0.05) is 18.0 Å². The highest BCUT2D eigenvalue weighted by molar-refractivity contribution is 6.32. The summed E-state index contributed by atoms with van der Waals surface area (Å²) in [6.07, 6.45) is 0.629. The minimum Gasteiger partial charge on any atom is -0.315 e. The van der Waals surface area contributed by atoms with Crippen molar-refractivity contribution < 1.29 is 14.0 Å². The Bertz CT molecular complexity index is 1170. The van der Waals surface area contributed by atoms with Gasteiger partial charge in [0.15, 0.2) is 0 Å². The van der Waals surface area contributed by atoms with Crippen LogP contribution in [0, 0.1) is 5.82 Å². The molecule has 34 heavy (non-hydrogen) atoms. The first-order valence-corrected chi connectivity index (χ1v) is 11.4. The molecule has 2 N–H and O–H groups in total.